The van der Waals surface area contributed by atoms with Gasteiger partial charge >= 0.3 is 0 Å². The van der Waals surface area contributed by atoms with Crippen molar-refractivity contribution in [3.05, 3.63) is 12.4 Å². The van der Waals surface area contributed by atoms with Gasteiger partial charge < -0.3 is 14.5 Å². The van der Waals surface area contributed by atoms with Gasteiger partial charge in [0.05, 0.1) is 6.67 Å². The van der Waals surface area contributed by atoms with E-state index in [4.69, 9.17) is 4.74 Å². The number of hydrogen-bond donors (Lipinski definition) is 0. The standard InChI is InChI=1S/C8H16N2O/c1-4-9-5-6-10(7-9)8(2)11-3/h5-6,8H,4,7H2,1-3H3/t8-/m0/s1. The van der Waals surface area contributed by atoms with E-state index < -0.39 is 0 Å². The molecule has 0 aromatic carbocycles. The van der Waals surface area contributed by atoms with Gasteiger partial charge in [-0.3, -0.25) is 0 Å². The third-order valence-corrected chi connectivity index (χ3v) is 2.03. The molecule has 3 nitrogen and oxygen atoms in total. The van der Waals surface area contributed by atoms with Gasteiger partial charge in [0, 0.05) is 26.1 Å². The van der Waals surface area contributed by atoms with Crippen molar-refractivity contribution < 1.29 is 4.74 Å². The summed E-state index contributed by atoms with van der Waals surface area (Å²) in [5.41, 5.74) is 0. The fourth-order valence-electron chi connectivity index (χ4n) is 1.06. The molecule has 1 atom stereocenters. The first-order valence-electron chi connectivity index (χ1n) is 3.99. The molecule has 0 saturated heterocycles. The Morgan fingerprint density at radius 3 is 2.73 bits per heavy atom. The summed E-state index contributed by atoms with van der Waals surface area (Å²) in [4.78, 5) is 4.39. The Labute approximate surface area is 68.2 Å². The molecule has 0 fully saturated rings. The van der Waals surface area contributed by atoms with Crippen LogP contribution in [0.2, 0.25) is 0 Å². The predicted molar refractivity (Wildman–Crippen MR) is 44.7 cm³/mol. The van der Waals surface area contributed by atoms with Crippen LogP contribution in [-0.4, -0.2) is 36.4 Å². The molecule has 3 heteroatoms. The Balaban J connectivity index is 2.36. The van der Waals surface area contributed by atoms with Crippen molar-refractivity contribution in [2.45, 2.75) is 20.1 Å². The third-order valence-electron chi connectivity index (χ3n) is 2.03. The van der Waals surface area contributed by atoms with Crippen LogP contribution in [0, 0.1) is 0 Å². The lowest BCUT2D eigenvalue weighted by Crippen LogP contribution is -2.32. The lowest BCUT2D eigenvalue weighted by molar-refractivity contribution is 0.000941. The molecule has 0 amide bonds. The van der Waals surface area contributed by atoms with Crippen LogP contribution in [0.15, 0.2) is 12.4 Å². The number of hydrogen-bond acceptors (Lipinski definition) is 3. The van der Waals surface area contributed by atoms with Crippen LogP contribution in [0.3, 0.4) is 0 Å². The Hall–Kier alpha value is -0.700. The van der Waals surface area contributed by atoms with Crippen molar-refractivity contribution in [1.29, 1.82) is 0 Å². The number of rotatable bonds is 3. The largest absolute Gasteiger partial charge is 0.362 e. The molecule has 1 aliphatic heterocycles. The van der Waals surface area contributed by atoms with Crippen LogP contribution < -0.4 is 0 Å². The zero-order valence-corrected chi connectivity index (χ0v) is 7.45. The van der Waals surface area contributed by atoms with Gasteiger partial charge in [0.15, 0.2) is 0 Å². The third kappa shape index (κ3) is 1.87. The van der Waals surface area contributed by atoms with Gasteiger partial charge in [-0.2, -0.15) is 0 Å². The number of nitrogens with zero attached hydrogens (tertiary/aromatic N) is 2. The molecule has 0 spiro atoms. The highest BCUT2D eigenvalue weighted by atomic mass is 16.5. The SMILES string of the molecule is CCN1C=CN([C@H](C)OC)C1. The molecule has 0 aromatic heterocycles. The summed E-state index contributed by atoms with van der Waals surface area (Å²) in [5, 5.41) is 0. The van der Waals surface area contributed by atoms with E-state index in [-0.39, 0.29) is 6.23 Å². The van der Waals surface area contributed by atoms with Gasteiger partial charge in [-0.1, -0.05) is 0 Å². The fourth-order valence-corrected chi connectivity index (χ4v) is 1.06. The summed E-state index contributed by atoms with van der Waals surface area (Å²) < 4.78 is 5.17. The lowest BCUT2D eigenvalue weighted by atomic mass is 10.6. The molecular weight excluding hydrogens is 140 g/mol. The summed E-state index contributed by atoms with van der Waals surface area (Å²) in [6.45, 7) is 6.20. The Morgan fingerprint density at radius 1 is 1.55 bits per heavy atom. The molecule has 11 heavy (non-hydrogen) atoms. The molecule has 1 aliphatic rings. The van der Waals surface area contributed by atoms with Gasteiger partial charge in [0.25, 0.3) is 0 Å². The normalized spacial score (nSPS) is 19.5. The average Bonchev–Trinajstić information content (AvgIpc) is 2.50. The predicted octanol–water partition coefficient (Wildman–Crippen LogP) is 1.04. The second-order valence-electron chi connectivity index (χ2n) is 2.69. The van der Waals surface area contributed by atoms with Crippen LogP contribution in [0.4, 0.5) is 0 Å². The minimum atomic E-state index is 0.183. The first-order valence-corrected chi connectivity index (χ1v) is 3.99. The van der Waals surface area contributed by atoms with E-state index in [1.54, 1.807) is 7.11 Å². The van der Waals surface area contributed by atoms with Crippen LogP contribution in [0.1, 0.15) is 13.8 Å². The van der Waals surface area contributed by atoms with Crippen molar-refractivity contribution in [1.82, 2.24) is 9.80 Å². The molecule has 0 aromatic rings. The number of ether oxygens (including phenoxy) is 1. The summed E-state index contributed by atoms with van der Waals surface area (Å²) in [6, 6.07) is 0. The molecule has 1 heterocycles. The molecular formula is C8H16N2O. The fraction of sp³-hybridized carbons (Fsp3) is 0.750. The van der Waals surface area contributed by atoms with Crippen molar-refractivity contribution in [3.8, 4) is 0 Å². The molecule has 0 radical (unpaired) electrons. The van der Waals surface area contributed by atoms with Crippen LogP contribution in [-0.2, 0) is 4.74 Å². The maximum atomic E-state index is 5.17. The highest BCUT2D eigenvalue weighted by molar-refractivity contribution is 4.90. The van der Waals surface area contributed by atoms with E-state index in [9.17, 15) is 0 Å². The van der Waals surface area contributed by atoms with Gasteiger partial charge in [-0.05, 0) is 13.8 Å². The molecule has 0 unspecified atom stereocenters. The molecule has 0 aliphatic carbocycles. The molecule has 0 N–H and O–H groups in total. The quantitative estimate of drug-likeness (QED) is 0.607. The maximum absolute atomic E-state index is 5.17. The maximum Gasteiger partial charge on any atom is 0.127 e. The summed E-state index contributed by atoms with van der Waals surface area (Å²) in [7, 11) is 1.73. The zero-order valence-electron chi connectivity index (χ0n) is 7.45. The van der Waals surface area contributed by atoms with Crippen LogP contribution in [0.25, 0.3) is 0 Å². The number of methoxy groups -OCH3 is 1. The topological polar surface area (TPSA) is 15.7 Å². The molecule has 0 bridgehead atoms. The van der Waals surface area contributed by atoms with E-state index >= 15 is 0 Å². The smallest absolute Gasteiger partial charge is 0.127 e. The Bertz CT molecular complexity index is 147. The first kappa shape index (κ1) is 8.40. The minimum Gasteiger partial charge on any atom is -0.362 e. The second kappa shape index (κ2) is 3.62. The summed E-state index contributed by atoms with van der Waals surface area (Å²) in [5.74, 6) is 0. The van der Waals surface area contributed by atoms with Gasteiger partial charge in [0.1, 0.15) is 6.23 Å². The molecule has 1 rings (SSSR count). The van der Waals surface area contributed by atoms with Crippen molar-refractivity contribution in [2.24, 2.45) is 0 Å². The van der Waals surface area contributed by atoms with Crippen molar-refractivity contribution in [3.63, 3.8) is 0 Å². The van der Waals surface area contributed by atoms with Gasteiger partial charge in [-0.15, -0.1) is 0 Å². The molecule has 64 valence electrons. The highest BCUT2D eigenvalue weighted by Gasteiger charge is 2.14. The lowest BCUT2D eigenvalue weighted by Gasteiger charge is -2.24. The Morgan fingerprint density at radius 2 is 2.27 bits per heavy atom. The zero-order chi connectivity index (χ0) is 8.27. The monoisotopic (exact) mass is 156 g/mol. The van der Waals surface area contributed by atoms with Crippen molar-refractivity contribution >= 4 is 0 Å². The van der Waals surface area contributed by atoms with Gasteiger partial charge in [0.2, 0.25) is 0 Å². The van der Waals surface area contributed by atoms with E-state index in [1.807, 2.05) is 6.92 Å². The minimum absolute atomic E-state index is 0.183. The van der Waals surface area contributed by atoms with E-state index in [0.29, 0.717) is 0 Å². The van der Waals surface area contributed by atoms with Crippen LogP contribution in [0.5, 0.6) is 0 Å². The van der Waals surface area contributed by atoms with E-state index in [0.717, 1.165) is 13.2 Å². The first-order chi connectivity index (χ1) is 5.27. The van der Waals surface area contributed by atoms with Crippen LogP contribution >= 0.6 is 0 Å². The van der Waals surface area contributed by atoms with E-state index in [1.165, 1.54) is 0 Å². The highest BCUT2D eigenvalue weighted by Crippen LogP contribution is 2.09. The second-order valence-corrected chi connectivity index (χ2v) is 2.69. The van der Waals surface area contributed by atoms with E-state index in [2.05, 4.69) is 29.1 Å². The summed E-state index contributed by atoms with van der Waals surface area (Å²) in [6.07, 6.45) is 4.34. The summed E-state index contributed by atoms with van der Waals surface area (Å²) >= 11 is 0. The average molecular weight is 156 g/mol. The van der Waals surface area contributed by atoms with Gasteiger partial charge in [-0.25, -0.2) is 0 Å². The Kier molecular flexibility index (Phi) is 2.76. The molecule has 0 saturated carbocycles. The van der Waals surface area contributed by atoms with Crippen molar-refractivity contribution in [2.75, 3.05) is 20.3 Å².